The highest BCUT2D eigenvalue weighted by molar-refractivity contribution is 5.30. The lowest BCUT2D eigenvalue weighted by Gasteiger charge is -2.50. The summed E-state index contributed by atoms with van der Waals surface area (Å²) in [6, 6.07) is 20.7. The molecule has 0 saturated heterocycles. The molecule has 1 saturated carbocycles. The van der Waals surface area contributed by atoms with Crippen molar-refractivity contribution in [1.82, 2.24) is 0 Å². The van der Waals surface area contributed by atoms with Gasteiger partial charge < -0.3 is 14.6 Å². The van der Waals surface area contributed by atoms with Crippen molar-refractivity contribution in [2.45, 2.75) is 65.0 Å². The molecule has 1 fully saturated rings. The van der Waals surface area contributed by atoms with E-state index in [2.05, 4.69) is 50.2 Å². The van der Waals surface area contributed by atoms with Crippen LogP contribution < -0.4 is 0 Å². The summed E-state index contributed by atoms with van der Waals surface area (Å²) >= 11 is 0. The van der Waals surface area contributed by atoms with Crippen molar-refractivity contribution in [3.63, 3.8) is 0 Å². The molecule has 1 N–H and O–H groups in total. The Morgan fingerprint density at radius 2 is 1.53 bits per heavy atom. The molecule has 4 rings (SSSR count). The Balaban J connectivity index is 1.39. The van der Waals surface area contributed by atoms with Crippen LogP contribution in [0.2, 0.25) is 0 Å². The van der Waals surface area contributed by atoms with Gasteiger partial charge in [-0.15, -0.1) is 0 Å². The van der Waals surface area contributed by atoms with E-state index in [1.54, 1.807) is 0 Å². The lowest BCUT2D eigenvalue weighted by atomic mass is 9.57. The molecule has 0 aromatic heterocycles. The van der Waals surface area contributed by atoms with Crippen LogP contribution in [0.15, 0.2) is 71.8 Å². The fourth-order valence-electron chi connectivity index (χ4n) is 5.28. The molecule has 2 aliphatic carbocycles. The van der Waals surface area contributed by atoms with Crippen molar-refractivity contribution in [1.29, 1.82) is 0 Å². The Labute approximate surface area is 180 Å². The zero-order chi connectivity index (χ0) is 21.0. The number of benzene rings is 2. The van der Waals surface area contributed by atoms with Gasteiger partial charge in [-0.05, 0) is 66.2 Å². The van der Waals surface area contributed by atoms with Gasteiger partial charge >= 0.3 is 0 Å². The molecule has 0 aliphatic heterocycles. The number of hydrogen-bond donors (Lipinski definition) is 1. The molecule has 160 valence electrons. The molecule has 0 radical (unpaired) electrons. The van der Waals surface area contributed by atoms with Gasteiger partial charge in [0.25, 0.3) is 0 Å². The minimum absolute atomic E-state index is 0.0899. The van der Waals surface area contributed by atoms with Crippen LogP contribution >= 0.6 is 0 Å². The second-order valence-electron chi connectivity index (χ2n) is 9.20. The zero-order valence-corrected chi connectivity index (χ0v) is 18.2. The topological polar surface area (TPSA) is 38.7 Å². The Kier molecular flexibility index (Phi) is 6.72. The van der Waals surface area contributed by atoms with E-state index in [1.165, 1.54) is 16.7 Å². The van der Waals surface area contributed by atoms with Crippen LogP contribution in [-0.4, -0.2) is 23.9 Å². The van der Waals surface area contributed by atoms with E-state index in [0.29, 0.717) is 25.7 Å². The van der Waals surface area contributed by atoms with Crippen LogP contribution in [0.1, 0.15) is 50.7 Å². The number of rotatable bonds is 7. The van der Waals surface area contributed by atoms with E-state index in [9.17, 15) is 5.11 Å². The first kappa shape index (κ1) is 21.3. The smallest absolute Gasteiger partial charge is 0.0754 e. The molecule has 0 amide bonds. The van der Waals surface area contributed by atoms with Crippen LogP contribution in [-0.2, 0) is 22.7 Å². The predicted molar refractivity (Wildman–Crippen MR) is 120 cm³/mol. The third-order valence-corrected chi connectivity index (χ3v) is 7.29. The van der Waals surface area contributed by atoms with Gasteiger partial charge in [0.05, 0.1) is 32.0 Å². The van der Waals surface area contributed by atoms with Crippen LogP contribution in [0.3, 0.4) is 0 Å². The summed E-state index contributed by atoms with van der Waals surface area (Å²) in [6.07, 6.45) is 3.88. The average Bonchev–Trinajstić information content (AvgIpc) is 2.77. The van der Waals surface area contributed by atoms with E-state index in [4.69, 9.17) is 9.47 Å². The normalized spacial score (nSPS) is 29.0. The van der Waals surface area contributed by atoms with Crippen LogP contribution in [0.25, 0.3) is 0 Å². The first-order valence-corrected chi connectivity index (χ1v) is 11.2. The molecule has 2 aromatic rings. The van der Waals surface area contributed by atoms with Gasteiger partial charge in [0.2, 0.25) is 0 Å². The third-order valence-electron chi connectivity index (χ3n) is 7.29. The highest BCUT2D eigenvalue weighted by Gasteiger charge is 2.47. The highest BCUT2D eigenvalue weighted by atomic mass is 16.5. The van der Waals surface area contributed by atoms with Crippen LogP contribution in [0, 0.1) is 11.3 Å². The third kappa shape index (κ3) is 4.69. The zero-order valence-electron chi connectivity index (χ0n) is 18.2. The summed E-state index contributed by atoms with van der Waals surface area (Å²) in [5, 5.41) is 10.8. The van der Waals surface area contributed by atoms with E-state index in [0.717, 1.165) is 31.3 Å². The maximum absolute atomic E-state index is 10.8. The second kappa shape index (κ2) is 9.47. The summed E-state index contributed by atoms with van der Waals surface area (Å²) < 4.78 is 12.4. The van der Waals surface area contributed by atoms with E-state index in [-0.39, 0.29) is 17.6 Å². The Bertz CT molecular complexity index is 845. The first-order chi connectivity index (χ1) is 14.6. The van der Waals surface area contributed by atoms with Gasteiger partial charge in [0, 0.05) is 0 Å². The van der Waals surface area contributed by atoms with Gasteiger partial charge in [0.1, 0.15) is 0 Å². The number of aliphatic hydroxyl groups excluding tert-OH is 1. The van der Waals surface area contributed by atoms with E-state index in [1.807, 2.05) is 24.3 Å². The fourth-order valence-corrected chi connectivity index (χ4v) is 5.28. The van der Waals surface area contributed by atoms with E-state index >= 15 is 0 Å². The minimum Gasteiger partial charge on any atom is -0.389 e. The summed E-state index contributed by atoms with van der Waals surface area (Å²) in [5.74, 6) is 0.432. The van der Waals surface area contributed by atoms with Crippen molar-refractivity contribution in [3.8, 4) is 0 Å². The largest absolute Gasteiger partial charge is 0.389 e. The standard InChI is InChI=1S/C27H34O3/c1-20-25(19-29-17-21-9-5-3-6-10-21)27(2)14-13-24(15-23(27)16-26(20)28)30-18-22-11-7-4-8-12-22/h3-12,23-24,26,28H,13-19H2,1-2H3/t23-,24+,26+,27+/m1/s1. The Morgan fingerprint density at radius 1 is 0.900 bits per heavy atom. The monoisotopic (exact) mass is 406 g/mol. The number of aliphatic hydroxyl groups is 1. The maximum Gasteiger partial charge on any atom is 0.0754 e. The summed E-state index contributed by atoms with van der Waals surface area (Å²) in [4.78, 5) is 0. The van der Waals surface area contributed by atoms with Crippen molar-refractivity contribution < 1.29 is 14.6 Å². The van der Waals surface area contributed by atoms with Crippen molar-refractivity contribution in [3.05, 3.63) is 82.9 Å². The number of fused-ring (bicyclic) bond motifs is 1. The highest BCUT2D eigenvalue weighted by Crippen LogP contribution is 2.53. The van der Waals surface area contributed by atoms with Gasteiger partial charge in [-0.25, -0.2) is 0 Å². The first-order valence-electron chi connectivity index (χ1n) is 11.2. The Hall–Kier alpha value is -1.94. The maximum atomic E-state index is 10.8. The van der Waals surface area contributed by atoms with Gasteiger partial charge in [-0.1, -0.05) is 67.6 Å². The Morgan fingerprint density at radius 3 is 2.20 bits per heavy atom. The summed E-state index contributed by atoms with van der Waals surface area (Å²) in [5.41, 5.74) is 4.92. The molecule has 0 heterocycles. The molecule has 2 aliphatic rings. The average molecular weight is 407 g/mol. The SMILES string of the molecule is CC1=C(COCc2ccccc2)[C@@]2(C)CC[C@H](OCc3ccccc3)C[C@@H]2C[C@@H]1O. The molecule has 3 nitrogen and oxygen atoms in total. The molecule has 2 aromatic carbocycles. The second-order valence-corrected chi connectivity index (χ2v) is 9.20. The van der Waals surface area contributed by atoms with Crippen molar-refractivity contribution in [2.24, 2.45) is 11.3 Å². The fraction of sp³-hybridized carbons (Fsp3) is 0.481. The lowest BCUT2D eigenvalue weighted by Crippen LogP contribution is -2.45. The van der Waals surface area contributed by atoms with E-state index < -0.39 is 0 Å². The van der Waals surface area contributed by atoms with Crippen molar-refractivity contribution >= 4 is 0 Å². The minimum atomic E-state index is -0.369. The summed E-state index contributed by atoms with van der Waals surface area (Å²) in [7, 11) is 0. The number of ether oxygens (including phenoxy) is 2. The molecule has 0 bridgehead atoms. The predicted octanol–water partition coefficient (Wildman–Crippen LogP) is 5.68. The van der Waals surface area contributed by atoms with Crippen LogP contribution in [0.4, 0.5) is 0 Å². The van der Waals surface area contributed by atoms with Gasteiger partial charge in [0.15, 0.2) is 0 Å². The summed E-state index contributed by atoms with van der Waals surface area (Å²) in [6.45, 7) is 6.34. The van der Waals surface area contributed by atoms with Gasteiger partial charge in [-0.2, -0.15) is 0 Å². The van der Waals surface area contributed by atoms with Gasteiger partial charge in [-0.3, -0.25) is 0 Å². The molecular formula is C27H34O3. The lowest BCUT2D eigenvalue weighted by molar-refractivity contribution is -0.0489. The molecular weight excluding hydrogens is 372 g/mol. The molecule has 0 spiro atoms. The van der Waals surface area contributed by atoms with Crippen LogP contribution in [0.5, 0.6) is 0 Å². The van der Waals surface area contributed by atoms with Crippen molar-refractivity contribution in [2.75, 3.05) is 6.61 Å². The molecule has 0 unspecified atom stereocenters. The number of hydrogen-bond acceptors (Lipinski definition) is 3. The molecule has 4 atom stereocenters. The quantitative estimate of drug-likeness (QED) is 0.602. The molecule has 30 heavy (non-hydrogen) atoms. The molecule has 3 heteroatoms.